The molecular formula is C18H19NO3S. The molecule has 3 rings (SSSR count). The van der Waals surface area contributed by atoms with Crippen LogP contribution < -0.4 is 4.72 Å². The maximum absolute atomic E-state index is 12.4. The summed E-state index contributed by atoms with van der Waals surface area (Å²) in [6.45, 7) is 3.82. The fourth-order valence-corrected chi connectivity index (χ4v) is 3.52. The van der Waals surface area contributed by atoms with E-state index in [1.54, 1.807) is 42.5 Å². The zero-order chi connectivity index (χ0) is 16.6. The zero-order valence-corrected chi connectivity index (χ0v) is 14.0. The standard InChI is InChI=1S/C18H19NO3S/c1-12-3-10-17(11-13(12)2)23(21,22)19-16-8-6-15(7-9-16)18(20)14-4-5-14/h3,6-11,14,19H,4-5H2,1-2H3. The molecule has 120 valence electrons. The van der Waals surface area contributed by atoms with Gasteiger partial charge in [0.25, 0.3) is 10.0 Å². The van der Waals surface area contributed by atoms with Gasteiger partial charge in [0.2, 0.25) is 0 Å². The van der Waals surface area contributed by atoms with E-state index < -0.39 is 10.0 Å². The Morgan fingerprint density at radius 3 is 2.22 bits per heavy atom. The molecule has 1 aliphatic carbocycles. The smallest absolute Gasteiger partial charge is 0.261 e. The van der Waals surface area contributed by atoms with E-state index in [9.17, 15) is 13.2 Å². The van der Waals surface area contributed by atoms with Crippen LogP contribution in [0.15, 0.2) is 47.4 Å². The van der Waals surface area contributed by atoms with Gasteiger partial charge in [-0.25, -0.2) is 8.42 Å². The molecule has 0 spiro atoms. The molecule has 0 amide bonds. The van der Waals surface area contributed by atoms with Crippen LogP contribution in [-0.4, -0.2) is 14.2 Å². The van der Waals surface area contributed by atoms with Crippen molar-refractivity contribution in [2.75, 3.05) is 4.72 Å². The van der Waals surface area contributed by atoms with Crippen molar-refractivity contribution in [3.63, 3.8) is 0 Å². The molecule has 4 nitrogen and oxygen atoms in total. The topological polar surface area (TPSA) is 63.2 Å². The van der Waals surface area contributed by atoms with Crippen LogP contribution in [-0.2, 0) is 10.0 Å². The first kappa shape index (κ1) is 15.7. The number of anilines is 1. The average Bonchev–Trinajstić information content (AvgIpc) is 3.34. The second-order valence-electron chi connectivity index (χ2n) is 6.07. The van der Waals surface area contributed by atoms with E-state index in [-0.39, 0.29) is 16.6 Å². The van der Waals surface area contributed by atoms with Crippen LogP contribution in [0.2, 0.25) is 0 Å². The van der Waals surface area contributed by atoms with Crippen molar-refractivity contribution >= 4 is 21.5 Å². The maximum Gasteiger partial charge on any atom is 0.261 e. The van der Waals surface area contributed by atoms with Gasteiger partial charge in [-0.2, -0.15) is 0 Å². The van der Waals surface area contributed by atoms with Crippen molar-refractivity contribution in [3.05, 3.63) is 59.2 Å². The van der Waals surface area contributed by atoms with Crippen LogP contribution in [0.5, 0.6) is 0 Å². The third-order valence-corrected chi connectivity index (χ3v) is 5.54. The first-order chi connectivity index (χ1) is 10.9. The van der Waals surface area contributed by atoms with E-state index in [0.717, 1.165) is 24.0 Å². The summed E-state index contributed by atoms with van der Waals surface area (Å²) < 4.78 is 27.4. The average molecular weight is 329 g/mol. The Bertz CT molecular complexity index is 850. The molecule has 2 aromatic carbocycles. The monoisotopic (exact) mass is 329 g/mol. The first-order valence-corrected chi connectivity index (χ1v) is 9.09. The van der Waals surface area contributed by atoms with Gasteiger partial charge in [0.1, 0.15) is 0 Å². The fraction of sp³-hybridized carbons (Fsp3) is 0.278. The van der Waals surface area contributed by atoms with E-state index in [0.29, 0.717) is 11.3 Å². The number of hydrogen-bond donors (Lipinski definition) is 1. The number of ketones is 1. The lowest BCUT2D eigenvalue weighted by atomic mass is 10.1. The van der Waals surface area contributed by atoms with Gasteiger partial charge in [0.05, 0.1) is 4.90 Å². The molecule has 0 aromatic heterocycles. The van der Waals surface area contributed by atoms with Crippen LogP contribution in [0.3, 0.4) is 0 Å². The number of hydrogen-bond acceptors (Lipinski definition) is 3. The van der Waals surface area contributed by atoms with Crippen LogP contribution >= 0.6 is 0 Å². The summed E-state index contributed by atoms with van der Waals surface area (Å²) in [7, 11) is -3.62. The Morgan fingerprint density at radius 1 is 1.00 bits per heavy atom. The number of carbonyl (C=O) groups excluding carboxylic acids is 1. The van der Waals surface area contributed by atoms with Crippen LogP contribution in [0.4, 0.5) is 5.69 Å². The Morgan fingerprint density at radius 2 is 1.65 bits per heavy atom. The van der Waals surface area contributed by atoms with E-state index in [1.165, 1.54) is 0 Å². The van der Waals surface area contributed by atoms with Crippen LogP contribution in [0.1, 0.15) is 34.3 Å². The van der Waals surface area contributed by atoms with Gasteiger partial charge < -0.3 is 0 Å². The maximum atomic E-state index is 12.4. The molecule has 0 heterocycles. The predicted molar refractivity (Wildman–Crippen MR) is 90.2 cm³/mol. The molecule has 1 fully saturated rings. The van der Waals surface area contributed by atoms with Crippen molar-refractivity contribution in [1.82, 2.24) is 0 Å². The lowest BCUT2D eigenvalue weighted by molar-refractivity contribution is 0.0967. The largest absolute Gasteiger partial charge is 0.294 e. The van der Waals surface area contributed by atoms with Gasteiger partial charge in [-0.3, -0.25) is 9.52 Å². The third-order valence-electron chi connectivity index (χ3n) is 4.16. The second kappa shape index (κ2) is 5.81. The van der Waals surface area contributed by atoms with Crippen molar-refractivity contribution in [2.45, 2.75) is 31.6 Å². The van der Waals surface area contributed by atoms with E-state index in [1.807, 2.05) is 13.8 Å². The highest BCUT2D eigenvalue weighted by atomic mass is 32.2. The number of Topliss-reactive ketones (excluding diaryl/α,β-unsaturated/α-hetero) is 1. The van der Waals surface area contributed by atoms with Gasteiger partial charge in [-0.1, -0.05) is 6.07 Å². The normalized spacial score (nSPS) is 14.5. The third kappa shape index (κ3) is 3.45. The van der Waals surface area contributed by atoms with Crippen molar-refractivity contribution in [3.8, 4) is 0 Å². The SMILES string of the molecule is Cc1ccc(S(=O)(=O)Nc2ccc(C(=O)C3CC3)cc2)cc1C. The lowest BCUT2D eigenvalue weighted by Gasteiger charge is -2.10. The van der Waals surface area contributed by atoms with Crippen molar-refractivity contribution in [2.24, 2.45) is 5.92 Å². The number of nitrogens with one attached hydrogen (secondary N) is 1. The molecule has 1 N–H and O–H groups in total. The van der Waals surface area contributed by atoms with Gasteiger partial charge in [0.15, 0.2) is 5.78 Å². The molecule has 5 heteroatoms. The predicted octanol–water partition coefficient (Wildman–Crippen LogP) is 3.70. The van der Waals surface area contributed by atoms with E-state index in [4.69, 9.17) is 0 Å². The van der Waals surface area contributed by atoms with Crippen molar-refractivity contribution < 1.29 is 13.2 Å². The summed E-state index contributed by atoms with van der Waals surface area (Å²) in [5.41, 5.74) is 3.07. The number of sulfonamides is 1. The second-order valence-corrected chi connectivity index (χ2v) is 7.75. The summed E-state index contributed by atoms with van der Waals surface area (Å²) >= 11 is 0. The molecule has 0 atom stereocenters. The number of rotatable bonds is 5. The number of benzene rings is 2. The van der Waals surface area contributed by atoms with Crippen LogP contribution in [0, 0.1) is 19.8 Å². The zero-order valence-electron chi connectivity index (χ0n) is 13.2. The fourth-order valence-electron chi connectivity index (χ4n) is 2.38. The van der Waals surface area contributed by atoms with Gasteiger partial charge in [-0.05, 0) is 74.2 Å². The Balaban J connectivity index is 1.79. The molecule has 0 unspecified atom stereocenters. The molecule has 0 radical (unpaired) electrons. The highest BCUT2D eigenvalue weighted by Crippen LogP contribution is 2.32. The molecule has 0 saturated heterocycles. The van der Waals surface area contributed by atoms with Gasteiger partial charge >= 0.3 is 0 Å². The van der Waals surface area contributed by atoms with Crippen molar-refractivity contribution in [1.29, 1.82) is 0 Å². The first-order valence-electron chi connectivity index (χ1n) is 7.61. The minimum Gasteiger partial charge on any atom is -0.294 e. The summed E-state index contributed by atoms with van der Waals surface area (Å²) in [6.07, 6.45) is 1.92. The minimum absolute atomic E-state index is 0.147. The summed E-state index contributed by atoms with van der Waals surface area (Å²) in [5, 5.41) is 0. The molecule has 1 aliphatic rings. The summed E-state index contributed by atoms with van der Waals surface area (Å²) in [4.78, 5) is 12.2. The number of carbonyl (C=O) groups is 1. The summed E-state index contributed by atoms with van der Waals surface area (Å²) in [6, 6.07) is 11.7. The minimum atomic E-state index is -3.62. The molecular weight excluding hydrogens is 310 g/mol. The lowest BCUT2D eigenvalue weighted by Crippen LogP contribution is -2.13. The number of aryl methyl sites for hydroxylation is 2. The van der Waals surface area contributed by atoms with E-state index >= 15 is 0 Å². The van der Waals surface area contributed by atoms with Gasteiger partial charge in [0, 0.05) is 17.2 Å². The Labute approximate surface area is 136 Å². The van der Waals surface area contributed by atoms with Crippen LogP contribution in [0.25, 0.3) is 0 Å². The quantitative estimate of drug-likeness (QED) is 0.851. The summed E-state index contributed by atoms with van der Waals surface area (Å²) in [5.74, 6) is 0.307. The molecule has 2 aromatic rings. The highest BCUT2D eigenvalue weighted by Gasteiger charge is 2.30. The van der Waals surface area contributed by atoms with E-state index in [2.05, 4.69) is 4.72 Å². The van der Waals surface area contributed by atoms with Gasteiger partial charge in [-0.15, -0.1) is 0 Å². The molecule has 0 aliphatic heterocycles. The Kier molecular flexibility index (Phi) is 3.98. The highest BCUT2D eigenvalue weighted by molar-refractivity contribution is 7.92. The Hall–Kier alpha value is -2.14. The molecule has 23 heavy (non-hydrogen) atoms. The molecule has 0 bridgehead atoms. The molecule has 1 saturated carbocycles.